The number of amides is 1. The van der Waals surface area contributed by atoms with E-state index in [4.69, 9.17) is 4.52 Å². The summed E-state index contributed by atoms with van der Waals surface area (Å²) in [6.07, 6.45) is 9.14. The zero-order valence-corrected chi connectivity index (χ0v) is 14.9. The van der Waals surface area contributed by atoms with Crippen LogP contribution in [0.4, 0.5) is 0 Å². The van der Waals surface area contributed by atoms with Gasteiger partial charge in [0.25, 0.3) is 0 Å². The second-order valence-corrected chi connectivity index (χ2v) is 6.57. The van der Waals surface area contributed by atoms with Crippen molar-refractivity contribution in [2.45, 2.75) is 25.4 Å². The number of carbonyl (C=O) groups is 1. The van der Waals surface area contributed by atoms with Crippen LogP contribution in [0, 0.1) is 0 Å². The molecule has 0 saturated carbocycles. The van der Waals surface area contributed by atoms with Crippen molar-refractivity contribution in [3.63, 3.8) is 0 Å². The molecule has 0 radical (unpaired) electrons. The van der Waals surface area contributed by atoms with Gasteiger partial charge in [0.15, 0.2) is 5.76 Å². The fourth-order valence-corrected chi connectivity index (χ4v) is 3.38. The normalized spacial score (nSPS) is 15.6. The molecule has 3 aromatic rings. The van der Waals surface area contributed by atoms with E-state index in [0.717, 1.165) is 37.1 Å². The summed E-state index contributed by atoms with van der Waals surface area (Å²) in [5.41, 5.74) is 2.49. The number of hydrogen-bond acceptors (Lipinski definition) is 6. The van der Waals surface area contributed by atoms with Crippen LogP contribution in [0.2, 0.25) is 0 Å². The van der Waals surface area contributed by atoms with Crippen LogP contribution in [-0.2, 0) is 11.3 Å². The summed E-state index contributed by atoms with van der Waals surface area (Å²) in [6.45, 7) is 2.12. The summed E-state index contributed by atoms with van der Waals surface area (Å²) < 4.78 is 5.36. The third-order valence-electron chi connectivity index (χ3n) is 4.71. The molecule has 1 aliphatic heterocycles. The predicted molar refractivity (Wildman–Crippen MR) is 99.4 cm³/mol. The number of likely N-dealkylation sites (tertiary alicyclic amines) is 1. The smallest absolute Gasteiger partial charge is 0.242 e. The van der Waals surface area contributed by atoms with Crippen molar-refractivity contribution in [3.05, 3.63) is 66.4 Å². The highest BCUT2D eigenvalue weighted by Gasteiger charge is 2.29. The maximum Gasteiger partial charge on any atom is 0.242 e. The molecule has 138 valence electrons. The Morgan fingerprint density at radius 3 is 2.63 bits per heavy atom. The summed E-state index contributed by atoms with van der Waals surface area (Å²) in [5.74, 6) is 0.554. The lowest BCUT2D eigenvalue weighted by molar-refractivity contribution is -0.126. The summed E-state index contributed by atoms with van der Waals surface area (Å²) in [4.78, 5) is 23.4. The molecule has 0 bridgehead atoms. The van der Waals surface area contributed by atoms with Crippen molar-refractivity contribution in [2.75, 3.05) is 13.1 Å². The zero-order valence-electron chi connectivity index (χ0n) is 14.9. The number of aromatic nitrogens is 3. The molecule has 0 aliphatic carbocycles. The molecule has 3 aromatic heterocycles. The third kappa shape index (κ3) is 4.03. The van der Waals surface area contributed by atoms with Crippen LogP contribution in [0.25, 0.3) is 11.3 Å². The van der Waals surface area contributed by atoms with Gasteiger partial charge in [0.05, 0.1) is 6.54 Å². The second-order valence-electron chi connectivity index (χ2n) is 6.57. The van der Waals surface area contributed by atoms with Gasteiger partial charge in [-0.2, -0.15) is 0 Å². The fourth-order valence-electron chi connectivity index (χ4n) is 3.38. The molecule has 1 atom stereocenters. The highest BCUT2D eigenvalue weighted by molar-refractivity contribution is 5.83. The molecule has 4 rings (SSSR count). The molecule has 1 amide bonds. The maximum absolute atomic E-state index is 12.9. The summed E-state index contributed by atoms with van der Waals surface area (Å²) in [6, 6.07) is 9.07. The first-order chi connectivity index (χ1) is 13.3. The topological polar surface area (TPSA) is 84.2 Å². The Hall–Kier alpha value is -3.06. The highest BCUT2D eigenvalue weighted by Crippen LogP contribution is 2.25. The minimum atomic E-state index is -0.332. The number of hydrogen-bond donors (Lipinski definition) is 1. The Kier molecular flexibility index (Phi) is 5.20. The van der Waals surface area contributed by atoms with Crippen molar-refractivity contribution < 1.29 is 9.32 Å². The van der Waals surface area contributed by atoms with E-state index in [1.54, 1.807) is 24.8 Å². The minimum Gasteiger partial charge on any atom is -0.359 e. The van der Waals surface area contributed by atoms with Gasteiger partial charge < -0.3 is 9.84 Å². The van der Waals surface area contributed by atoms with E-state index in [0.29, 0.717) is 11.5 Å². The monoisotopic (exact) mass is 363 g/mol. The molecule has 0 spiro atoms. The molecule has 0 aromatic carbocycles. The van der Waals surface area contributed by atoms with Crippen LogP contribution in [0.5, 0.6) is 0 Å². The number of carbonyl (C=O) groups excluding carboxylic acids is 1. The first-order valence-electron chi connectivity index (χ1n) is 9.09. The molecule has 4 heterocycles. The molecule has 1 fully saturated rings. The largest absolute Gasteiger partial charge is 0.359 e. The van der Waals surface area contributed by atoms with E-state index < -0.39 is 0 Å². The number of rotatable bonds is 6. The zero-order chi connectivity index (χ0) is 18.5. The van der Waals surface area contributed by atoms with E-state index in [-0.39, 0.29) is 18.5 Å². The van der Waals surface area contributed by atoms with E-state index in [2.05, 4.69) is 25.3 Å². The van der Waals surface area contributed by atoms with Crippen molar-refractivity contribution in [1.29, 1.82) is 0 Å². The molecule has 7 heteroatoms. The van der Waals surface area contributed by atoms with Crippen LogP contribution in [0.15, 0.2) is 59.6 Å². The maximum atomic E-state index is 12.9. The third-order valence-corrected chi connectivity index (χ3v) is 4.71. The van der Waals surface area contributed by atoms with Gasteiger partial charge in [-0.1, -0.05) is 11.2 Å². The van der Waals surface area contributed by atoms with E-state index in [1.165, 1.54) is 0 Å². The molecule has 27 heavy (non-hydrogen) atoms. The molecular formula is C20H21N5O2. The van der Waals surface area contributed by atoms with Gasteiger partial charge >= 0.3 is 0 Å². The standard InChI is InChI=1S/C20H21N5O2/c26-20(19(25-9-1-2-10-25)16-6-4-8-22-13-16)23-14-17-11-18(24-27-17)15-5-3-7-21-12-15/h3-8,11-13,19H,1-2,9-10,14H2,(H,23,26). The van der Waals surface area contributed by atoms with Crippen molar-refractivity contribution in [1.82, 2.24) is 25.3 Å². The molecule has 1 aliphatic rings. The SMILES string of the molecule is O=C(NCc1cc(-c2cccnc2)no1)C(c1cccnc1)N1CCCC1. The van der Waals surface area contributed by atoms with Crippen LogP contribution >= 0.6 is 0 Å². The van der Waals surface area contributed by atoms with Gasteiger partial charge in [0, 0.05) is 36.4 Å². The number of pyridine rings is 2. The van der Waals surface area contributed by atoms with E-state index in [1.807, 2.05) is 30.3 Å². The lowest BCUT2D eigenvalue weighted by Crippen LogP contribution is -2.39. The second kappa shape index (κ2) is 8.09. The Labute approximate surface area is 157 Å². The Balaban J connectivity index is 1.45. The predicted octanol–water partition coefficient (Wildman–Crippen LogP) is 2.58. The highest BCUT2D eigenvalue weighted by atomic mass is 16.5. The molecule has 1 unspecified atom stereocenters. The summed E-state index contributed by atoms with van der Waals surface area (Å²) in [5, 5.41) is 7.04. The van der Waals surface area contributed by atoms with Gasteiger partial charge in [0.2, 0.25) is 5.91 Å². The molecule has 1 saturated heterocycles. The lowest BCUT2D eigenvalue weighted by atomic mass is 10.1. The van der Waals surface area contributed by atoms with Crippen molar-refractivity contribution >= 4 is 5.91 Å². The average molecular weight is 363 g/mol. The van der Waals surface area contributed by atoms with Crippen LogP contribution in [0.3, 0.4) is 0 Å². The summed E-state index contributed by atoms with van der Waals surface area (Å²) >= 11 is 0. The van der Waals surface area contributed by atoms with Crippen LogP contribution in [0.1, 0.15) is 30.2 Å². The van der Waals surface area contributed by atoms with Crippen molar-refractivity contribution in [2.24, 2.45) is 0 Å². The Morgan fingerprint density at radius 2 is 1.93 bits per heavy atom. The Morgan fingerprint density at radius 1 is 1.15 bits per heavy atom. The lowest BCUT2D eigenvalue weighted by Gasteiger charge is -2.26. The average Bonchev–Trinajstić information content (AvgIpc) is 3.41. The minimum absolute atomic E-state index is 0.0516. The van der Waals surface area contributed by atoms with Crippen molar-refractivity contribution in [3.8, 4) is 11.3 Å². The summed E-state index contributed by atoms with van der Waals surface area (Å²) in [7, 11) is 0. The van der Waals surface area contributed by atoms with Gasteiger partial charge in [-0.15, -0.1) is 0 Å². The van der Waals surface area contributed by atoms with Crippen LogP contribution < -0.4 is 5.32 Å². The molecular weight excluding hydrogens is 342 g/mol. The molecule has 1 N–H and O–H groups in total. The Bertz CT molecular complexity index is 876. The van der Waals surface area contributed by atoms with Crippen LogP contribution in [-0.4, -0.2) is 39.0 Å². The van der Waals surface area contributed by atoms with Gasteiger partial charge in [-0.05, 0) is 49.7 Å². The first kappa shape index (κ1) is 17.4. The van der Waals surface area contributed by atoms with Gasteiger partial charge in [-0.3, -0.25) is 19.7 Å². The quantitative estimate of drug-likeness (QED) is 0.725. The number of nitrogens with one attached hydrogen (secondary N) is 1. The molecule has 7 nitrogen and oxygen atoms in total. The fraction of sp³-hybridized carbons (Fsp3) is 0.300. The first-order valence-corrected chi connectivity index (χ1v) is 9.09. The van der Waals surface area contributed by atoms with E-state index in [9.17, 15) is 4.79 Å². The number of nitrogens with zero attached hydrogens (tertiary/aromatic N) is 4. The van der Waals surface area contributed by atoms with E-state index >= 15 is 0 Å². The van der Waals surface area contributed by atoms with Gasteiger partial charge in [-0.25, -0.2) is 0 Å². The van der Waals surface area contributed by atoms with Gasteiger partial charge in [0.1, 0.15) is 11.7 Å².